The van der Waals surface area contributed by atoms with Crippen molar-refractivity contribution < 1.29 is 8.83 Å². The zero-order valence-electron chi connectivity index (χ0n) is 11.2. The lowest BCUT2D eigenvalue weighted by Gasteiger charge is -1.92. The second-order valence-electron chi connectivity index (χ2n) is 5.33. The van der Waals surface area contributed by atoms with Crippen molar-refractivity contribution in [3.05, 3.63) is 58.6 Å². The summed E-state index contributed by atoms with van der Waals surface area (Å²) in [6.45, 7) is 0. The molecule has 0 aliphatic heterocycles. The Balaban J connectivity index is 1.97. The van der Waals surface area contributed by atoms with Crippen molar-refractivity contribution in [2.45, 2.75) is 0 Å². The second-order valence-corrected chi connectivity index (χ2v) is 6.20. The van der Waals surface area contributed by atoms with E-state index in [0.717, 1.165) is 43.9 Å². The van der Waals surface area contributed by atoms with E-state index in [1.807, 2.05) is 42.5 Å². The molecule has 22 heavy (non-hydrogen) atoms. The van der Waals surface area contributed by atoms with E-state index in [-0.39, 0.29) is 0 Å². The summed E-state index contributed by atoms with van der Waals surface area (Å²) < 4.78 is 11.8. The number of fused-ring (bicyclic) bond motifs is 6. The third-order valence-electron chi connectivity index (χ3n) is 3.99. The van der Waals surface area contributed by atoms with Crippen LogP contribution in [0.2, 0.25) is 10.0 Å². The van der Waals surface area contributed by atoms with Crippen LogP contribution in [-0.4, -0.2) is 0 Å². The molecule has 0 aliphatic carbocycles. The van der Waals surface area contributed by atoms with Crippen molar-refractivity contribution in [1.82, 2.24) is 0 Å². The van der Waals surface area contributed by atoms with E-state index in [0.29, 0.717) is 10.0 Å². The molecule has 5 rings (SSSR count). The van der Waals surface area contributed by atoms with Gasteiger partial charge in [-0.15, -0.1) is 0 Å². The molecule has 0 N–H and O–H groups in total. The standard InChI is InChI=1S/C18H8Cl2O2/c19-9-1-3-11-13-7-14-12-4-2-10(20)6-16(12)22-18(14)8-17(13)21-15(11)5-9/h1-8H. The van der Waals surface area contributed by atoms with Crippen LogP contribution in [-0.2, 0) is 0 Å². The highest BCUT2D eigenvalue weighted by atomic mass is 35.5. The van der Waals surface area contributed by atoms with Gasteiger partial charge in [0.2, 0.25) is 0 Å². The van der Waals surface area contributed by atoms with E-state index in [9.17, 15) is 0 Å². The fraction of sp³-hybridized carbons (Fsp3) is 0. The van der Waals surface area contributed by atoms with Crippen LogP contribution >= 0.6 is 23.2 Å². The molecule has 0 atom stereocenters. The molecule has 2 nitrogen and oxygen atoms in total. The number of furan rings is 2. The molecule has 2 heterocycles. The molecule has 0 unspecified atom stereocenters. The summed E-state index contributed by atoms with van der Waals surface area (Å²) in [4.78, 5) is 0. The van der Waals surface area contributed by atoms with Crippen LogP contribution in [0.4, 0.5) is 0 Å². The van der Waals surface area contributed by atoms with Crippen LogP contribution in [0.5, 0.6) is 0 Å². The minimum absolute atomic E-state index is 0.662. The summed E-state index contributed by atoms with van der Waals surface area (Å²) in [6, 6.07) is 15.4. The van der Waals surface area contributed by atoms with Gasteiger partial charge in [0, 0.05) is 49.8 Å². The topological polar surface area (TPSA) is 26.3 Å². The molecular weight excluding hydrogens is 319 g/mol. The SMILES string of the molecule is Clc1ccc2c(c1)oc1cc3oc4cc(Cl)ccc4c3cc12. The molecule has 0 aliphatic rings. The predicted octanol–water partition coefficient (Wildman–Crippen LogP) is 6.79. The Bertz CT molecular complexity index is 1110. The first-order valence-electron chi connectivity index (χ1n) is 6.83. The fourth-order valence-corrected chi connectivity index (χ4v) is 3.32. The van der Waals surface area contributed by atoms with E-state index in [1.54, 1.807) is 0 Å². The first-order valence-corrected chi connectivity index (χ1v) is 7.58. The highest BCUT2D eigenvalue weighted by Crippen LogP contribution is 2.37. The third-order valence-corrected chi connectivity index (χ3v) is 4.46. The van der Waals surface area contributed by atoms with Crippen LogP contribution in [0.15, 0.2) is 57.4 Å². The molecule has 0 bridgehead atoms. The van der Waals surface area contributed by atoms with Crippen LogP contribution < -0.4 is 0 Å². The highest BCUT2D eigenvalue weighted by molar-refractivity contribution is 6.32. The van der Waals surface area contributed by atoms with Gasteiger partial charge in [-0.25, -0.2) is 0 Å². The van der Waals surface area contributed by atoms with E-state index in [1.165, 1.54) is 0 Å². The Morgan fingerprint density at radius 3 is 1.45 bits per heavy atom. The second kappa shape index (κ2) is 4.19. The third kappa shape index (κ3) is 1.62. The smallest absolute Gasteiger partial charge is 0.139 e. The summed E-state index contributed by atoms with van der Waals surface area (Å²) >= 11 is 12.1. The van der Waals surface area contributed by atoms with E-state index in [4.69, 9.17) is 32.0 Å². The van der Waals surface area contributed by atoms with Crippen LogP contribution in [0.1, 0.15) is 0 Å². The summed E-state index contributed by atoms with van der Waals surface area (Å²) in [6.07, 6.45) is 0. The summed E-state index contributed by atoms with van der Waals surface area (Å²) in [5, 5.41) is 5.52. The van der Waals surface area contributed by atoms with Gasteiger partial charge in [-0.3, -0.25) is 0 Å². The molecule has 2 aromatic heterocycles. The first kappa shape index (κ1) is 12.4. The largest absolute Gasteiger partial charge is 0.456 e. The molecule has 3 aromatic carbocycles. The van der Waals surface area contributed by atoms with Gasteiger partial charge in [0.25, 0.3) is 0 Å². The Hall–Kier alpha value is -2.16. The van der Waals surface area contributed by atoms with Gasteiger partial charge in [0.1, 0.15) is 22.3 Å². The Labute approximate surface area is 134 Å². The van der Waals surface area contributed by atoms with Crippen molar-refractivity contribution in [3.63, 3.8) is 0 Å². The normalized spacial score (nSPS) is 12.1. The first-order chi connectivity index (χ1) is 10.7. The molecule has 0 saturated heterocycles. The molecule has 0 fully saturated rings. The lowest BCUT2D eigenvalue weighted by Crippen LogP contribution is -1.69. The Kier molecular flexibility index (Phi) is 2.36. The van der Waals surface area contributed by atoms with E-state index >= 15 is 0 Å². The van der Waals surface area contributed by atoms with Gasteiger partial charge in [-0.05, 0) is 30.3 Å². The molecule has 4 heteroatoms. The molecular formula is C18H8Cl2O2. The van der Waals surface area contributed by atoms with Crippen molar-refractivity contribution >= 4 is 67.1 Å². The monoisotopic (exact) mass is 326 g/mol. The van der Waals surface area contributed by atoms with E-state index in [2.05, 4.69) is 6.07 Å². The maximum atomic E-state index is 6.03. The summed E-state index contributed by atoms with van der Waals surface area (Å²) in [7, 11) is 0. The average molecular weight is 327 g/mol. The minimum Gasteiger partial charge on any atom is -0.456 e. The summed E-state index contributed by atoms with van der Waals surface area (Å²) in [5.74, 6) is 0. The fourth-order valence-electron chi connectivity index (χ4n) is 2.99. The molecule has 0 radical (unpaired) electrons. The van der Waals surface area contributed by atoms with Gasteiger partial charge in [-0.1, -0.05) is 23.2 Å². The molecule has 0 spiro atoms. The zero-order chi connectivity index (χ0) is 14.8. The van der Waals surface area contributed by atoms with Gasteiger partial charge >= 0.3 is 0 Å². The average Bonchev–Trinajstić information content (AvgIpc) is 3.00. The Morgan fingerprint density at radius 1 is 0.500 bits per heavy atom. The van der Waals surface area contributed by atoms with Gasteiger partial charge < -0.3 is 8.83 Å². The quantitative estimate of drug-likeness (QED) is 0.313. The van der Waals surface area contributed by atoms with Crippen molar-refractivity contribution in [2.24, 2.45) is 0 Å². The zero-order valence-corrected chi connectivity index (χ0v) is 12.7. The van der Waals surface area contributed by atoms with Gasteiger partial charge in [-0.2, -0.15) is 0 Å². The van der Waals surface area contributed by atoms with Crippen LogP contribution in [0, 0.1) is 0 Å². The van der Waals surface area contributed by atoms with Crippen molar-refractivity contribution in [3.8, 4) is 0 Å². The molecule has 5 aromatic rings. The molecule has 0 saturated carbocycles. The lowest BCUT2D eigenvalue weighted by molar-refractivity contribution is 0.656. The maximum absolute atomic E-state index is 6.03. The number of hydrogen-bond acceptors (Lipinski definition) is 2. The number of hydrogen-bond donors (Lipinski definition) is 0. The predicted molar refractivity (Wildman–Crippen MR) is 91.0 cm³/mol. The van der Waals surface area contributed by atoms with Gasteiger partial charge in [0.15, 0.2) is 0 Å². The highest BCUT2D eigenvalue weighted by Gasteiger charge is 2.13. The maximum Gasteiger partial charge on any atom is 0.139 e. The van der Waals surface area contributed by atoms with Crippen molar-refractivity contribution in [1.29, 1.82) is 0 Å². The molecule has 106 valence electrons. The minimum atomic E-state index is 0.662. The number of halogens is 2. The summed E-state index contributed by atoms with van der Waals surface area (Å²) in [5.41, 5.74) is 3.13. The Morgan fingerprint density at radius 2 is 0.955 bits per heavy atom. The van der Waals surface area contributed by atoms with Gasteiger partial charge in [0.05, 0.1) is 0 Å². The van der Waals surface area contributed by atoms with Crippen molar-refractivity contribution in [2.75, 3.05) is 0 Å². The lowest BCUT2D eigenvalue weighted by atomic mass is 10.1. The van der Waals surface area contributed by atoms with Crippen LogP contribution in [0.3, 0.4) is 0 Å². The molecule has 0 amide bonds. The van der Waals surface area contributed by atoms with Crippen LogP contribution in [0.25, 0.3) is 43.9 Å². The van der Waals surface area contributed by atoms with E-state index < -0.39 is 0 Å². The number of benzene rings is 3. The number of rotatable bonds is 0.